The fraction of sp³-hybridized carbons (Fsp3) is 0.683. The Labute approximate surface area is 451 Å². The van der Waals surface area contributed by atoms with Gasteiger partial charge in [0.15, 0.2) is 5.78 Å². The average molecular weight is 1060 g/mol. The van der Waals surface area contributed by atoms with Gasteiger partial charge in [-0.05, 0) is 126 Å². The molecule has 3 N–H and O–H groups in total. The number of hydrogen-bond donors (Lipinski definition) is 3. The smallest absolute Gasteiger partial charge is 0.329 e. The lowest BCUT2D eigenvalue weighted by atomic mass is 9.78. The number of carbonyl (C=O) groups is 5. The van der Waals surface area contributed by atoms with Crippen LogP contribution in [0.15, 0.2) is 65.8 Å². The Morgan fingerprint density at radius 3 is 2.29 bits per heavy atom. The molecule has 0 spiro atoms. The van der Waals surface area contributed by atoms with Crippen LogP contribution in [0.25, 0.3) is 0 Å². The molecule has 0 unspecified atom stereocenters. The third-order valence-corrected chi connectivity index (χ3v) is 16.4. The van der Waals surface area contributed by atoms with Gasteiger partial charge in [-0.25, -0.2) is 4.79 Å². The SMILES string of the molecule is COCCOc1ccc(OC)c([C@H]2C[C@@H]3CC[C@@H](C)[C@@](O)(O3)C(=O)C(=O)N3CCCC[C@H]3C(=O)O[C@H]([C@H](C)C[C@@H]3CC[C@@H](O)[C@H](OC)C3)CC(=O)[C@H](C)/C=C(\C)[C@@H](O)[C@@H](OC)C(=O)[C@H](C)C[C@H](C)/C=C/C=CC=C2C)c1. The molecule has 76 heavy (non-hydrogen) atoms. The van der Waals surface area contributed by atoms with Gasteiger partial charge in [-0.3, -0.25) is 19.2 Å². The Morgan fingerprint density at radius 2 is 1.59 bits per heavy atom. The molecule has 5 rings (SSSR count). The molecule has 4 aliphatic rings. The van der Waals surface area contributed by atoms with E-state index in [1.54, 1.807) is 48.2 Å². The van der Waals surface area contributed by atoms with Gasteiger partial charge in [0.05, 0.1) is 32.0 Å². The number of cyclic esters (lactones) is 1. The van der Waals surface area contributed by atoms with Crippen LogP contribution in [0.2, 0.25) is 0 Å². The van der Waals surface area contributed by atoms with Crippen molar-refractivity contribution in [3.8, 4) is 11.5 Å². The van der Waals surface area contributed by atoms with Crippen molar-refractivity contribution >= 4 is 29.2 Å². The van der Waals surface area contributed by atoms with Crippen LogP contribution in [0, 0.1) is 35.5 Å². The molecule has 0 radical (unpaired) electrons. The molecule has 1 aromatic carbocycles. The van der Waals surface area contributed by atoms with Crippen LogP contribution in [0.3, 0.4) is 0 Å². The third kappa shape index (κ3) is 16.3. The minimum absolute atomic E-state index is 0.0259. The lowest BCUT2D eigenvalue weighted by Crippen LogP contribution is -2.60. The number of amides is 1. The number of benzene rings is 1. The highest BCUT2D eigenvalue weighted by Gasteiger charge is 2.53. The second kappa shape index (κ2) is 29.4. The topological polar surface area (TPSA) is 214 Å². The lowest BCUT2D eigenvalue weighted by Gasteiger charge is -2.43. The first kappa shape index (κ1) is 62.3. The van der Waals surface area contributed by atoms with Gasteiger partial charge in [0, 0.05) is 63.5 Å². The quantitative estimate of drug-likeness (QED) is 0.0829. The molecule has 16 nitrogen and oxygen atoms in total. The van der Waals surface area contributed by atoms with Gasteiger partial charge >= 0.3 is 5.97 Å². The van der Waals surface area contributed by atoms with E-state index in [1.807, 2.05) is 76.3 Å². The predicted molar refractivity (Wildman–Crippen MR) is 287 cm³/mol. The molecule has 1 saturated carbocycles. The number of piperidine rings is 1. The maximum absolute atomic E-state index is 14.6. The molecule has 1 aromatic rings. The lowest BCUT2D eigenvalue weighted by molar-refractivity contribution is -0.264. The minimum atomic E-state index is -2.51. The highest BCUT2D eigenvalue weighted by Crippen LogP contribution is 2.43. The van der Waals surface area contributed by atoms with E-state index in [0.717, 1.165) is 11.1 Å². The molecule has 3 aliphatic heterocycles. The number of carbonyl (C=O) groups excluding carboxylic acids is 5. The zero-order valence-electron chi connectivity index (χ0n) is 47.1. The molecule has 2 saturated heterocycles. The second-order valence-corrected chi connectivity index (χ2v) is 22.2. The summed E-state index contributed by atoms with van der Waals surface area (Å²) in [5.74, 6) is -7.54. The summed E-state index contributed by atoms with van der Waals surface area (Å²) in [7, 11) is 6.12. The van der Waals surface area contributed by atoms with Crippen LogP contribution in [0.4, 0.5) is 0 Å². The number of hydrogen-bond acceptors (Lipinski definition) is 15. The highest BCUT2D eigenvalue weighted by molar-refractivity contribution is 6.39. The molecule has 2 bridgehead atoms. The van der Waals surface area contributed by atoms with Crippen molar-refractivity contribution < 1.29 is 72.5 Å². The Bertz CT molecular complexity index is 2240. The van der Waals surface area contributed by atoms with E-state index >= 15 is 0 Å². The van der Waals surface area contributed by atoms with E-state index in [9.17, 15) is 39.3 Å². The number of nitrogens with zero attached hydrogens (tertiary/aromatic N) is 1. The second-order valence-electron chi connectivity index (χ2n) is 22.2. The number of ether oxygens (including phenoxy) is 7. The van der Waals surface area contributed by atoms with E-state index in [0.29, 0.717) is 94.5 Å². The normalized spacial score (nSPS) is 35.1. The number of methoxy groups -OCH3 is 4. The number of aliphatic hydroxyl groups excluding tert-OH is 2. The Kier molecular flexibility index (Phi) is 24.1. The molecular formula is C60H89NO15. The summed E-state index contributed by atoms with van der Waals surface area (Å²) < 4.78 is 41.1. The highest BCUT2D eigenvalue weighted by atomic mass is 16.6. The number of Topliss-reactive ketones (excluding diaryl/α,β-unsaturated/α-hetero) is 3. The molecule has 3 heterocycles. The van der Waals surface area contributed by atoms with E-state index < -0.39 is 77.8 Å². The van der Waals surface area contributed by atoms with Crippen molar-refractivity contribution in [1.82, 2.24) is 4.90 Å². The summed E-state index contributed by atoms with van der Waals surface area (Å²) in [6.07, 6.45) is 11.2. The van der Waals surface area contributed by atoms with Crippen LogP contribution in [-0.4, -0.2) is 146 Å². The summed E-state index contributed by atoms with van der Waals surface area (Å²) in [6, 6.07) is 4.37. The van der Waals surface area contributed by atoms with Crippen molar-refractivity contribution in [2.45, 2.75) is 180 Å². The standard InChI is InChI=1S/C60H89NO15/c1-36-17-13-12-14-18-37(2)46(47-33-44(74-28-27-70-8)23-25-51(47)71-9)34-45-22-20-42(7)60(69,76-45)57(66)58(67)61-26-16-15-19-48(61)59(68)75-52(39(4)31-43-21-24-49(62)53(32-43)72-10)35-50(63)38(3)30-41(6)55(65)56(73-11)54(64)40(5)29-36/h12-14,17-18,23,25,30,33,36,38-40,42-43,45-46,48-49,52-53,55-56,62,65,69H,15-16,19-22,24,26-29,31-32,34-35H2,1-11H3/b14-12?,17-13+,37-18?,41-30+/t36-,38-,39-,40-,42-,43+,45+,46+,48+,49-,52+,53-,55-,56+,60-/m1/s1. The number of allylic oxidation sites excluding steroid dienone is 7. The molecule has 0 aromatic heterocycles. The molecular weight excluding hydrogens is 975 g/mol. The first-order valence-electron chi connectivity index (χ1n) is 27.6. The van der Waals surface area contributed by atoms with E-state index in [2.05, 4.69) is 0 Å². The van der Waals surface area contributed by atoms with Crippen LogP contribution < -0.4 is 9.47 Å². The van der Waals surface area contributed by atoms with E-state index in [-0.39, 0.29) is 60.7 Å². The first-order chi connectivity index (χ1) is 36.2. The Morgan fingerprint density at radius 1 is 0.842 bits per heavy atom. The number of fused-ring (bicyclic) bond motifs is 3. The molecule has 3 fully saturated rings. The summed E-state index contributed by atoms with van der Waals surface area (Å²) in [4.78, 5) is 73.2. The van der Waals surface area contributed by atoms with Crippen LogP contribution in [-0.2, 0) is 47.7 Å². The zero-order valence-corrected chi connectivity index (χ0v) is 47.1. The number of ketones is 3. The van der Waals surface area contributed by atoms with Gasteiger partial charge in [-0.1, -0.05) is 76.6 Å². The van der Waals surface area contributed by atoms with Gasteiger partial charge < -0.3 is 53.4 Å². The van der Waals surface area contributed by atoms with Gasteiger partial charge in [0.2, 0.25) is 5.79 Å². The van der Waals surface area contributed by atoms with Gasteiger partial charge in [0.1, 0.15) is 48.2 Å². The van der Waals surface area contributed by atoms with Crippen LogP contribution in [0.5, 0.6) is 11.5 Å². The van der Waals surface area contributed by atoms with Gasteiger partial charge in [-0.15, -0.1) is 0 Å². The number of esters is 1. The van der Waals surface area contributed by atoms with Gasteiger partial charge in [-0.2, -0.15) is 0 Å². The number of aliphatic hydroxyl groups is 3. The summed E-state index contributed by atoms with van der Waals surface area (Å²) in [5.41, 5.74) is 2.07. The Balaban J connectivity index is 1.55. The van der Waals surface area contributed by atoms with Gasteiger partial charge in [0.25, 0.3) is 11.7 Å². The van der Waals surface area contributed by atoms with Crippen molar-refractivity contribution in [3.63, 3.8) is 0 Å². The fourth-order valence-corrected chi connectivity index (χ4v) is 11.6. The summed E-state index contributed by atoms with van der Waals surface area (Å²) in [5, 5.41) is 34.5. The Hall–Kier alpha value is -4.55. The van der Waals surface area contributed by atoms with Crippen molar-refractivity contribution in [2.24, 2.45) is 35.5 Å². The molecule has 424 valence electrons. The largest absolute Gasteiger partial charge is 0.496 e. The van der Waals surface area contributed by atoms with Crippen molar-refractivity contribution in [2.75, 3.05) is 48.2 Å². The molecule has 16 heteroatoms. The van der Waals surface area contributed by atoms with Crippen LogP contribution >= 0.6 is 0 Å². The monoisotopic (exact) mass is 1060 g/mol. The summed E-state index contributed by atoms with van der Waals surface area (Å²) >= 11 is 0. The molecule has 1 aliphatic carbocycles. The predicted octanol–water partition coefficient (Wildman–Crippen LogP) is 7.98. The molecule has 1 amide bonds. The maximum atomic E-state index is 14.6. The zero-order chi connectivity index (χ0) is 55.9. The maximum Gasteiger partial charge on any atom is 0.329 e. The minimum Gasteiger partial charge on any atom is -0.496 e. The average Bonchev–Trinajstić information content (AvgIpc) is 3.40. The molecule has 15 atom stereocenters. The third-order valence-electron chi connectivity index (χ3n) is 16.4. The summed E-state index contributed by atoms with van der Waals surface area (Å²) in [6.45, 7) is 13.5. The van der Waals surface area contributed by atoms with Crippen LogP contribution in [0.1, 0.15) is 137 Å². The van der Waals surface area contributed by atoms with Crippen molar-refractivity contribution in [3.05, 3.63) is 71.4 Å². The van der Waals surface area contributed by atoms with Crippen molar-refractivity contribution in [1.29, 1.82) is 0 Å². The van der Waals surface area contributed by atoms with E-state index in [4.69, 9.17) is 33.2 Å². The first-order valence-corrected chi connectivity index (χ1v) is 27.6. The van der Waals surface area contributed by atoms with E-state index in [1.165, 1.54) is 12.0 Å². The number of rotatable bonds is 11. The fourth-order valence-electron chi connectivity index (χ4n) is 11.6.